The first kappa shape index (κ1) is 15.6. The normalized spacial score (nSPS) is 10.7. The predicted molar refractivity (Wildman–Crippen MR) is 99.1 cm³/mol. The minimum Gasteiger partial charge on any atom is -0.0620 e. The zero-order valence-corrected chi connectivity index (χ0v) is 14.3. The fourth-order valence-corrected chi connectivity index (χ4v) is 3.03. The van der Waals surface area contributed by atoms with Crippen LogP contribution >= 0.6 is 0 Å². The first-order chi connectivity index (χ1) is 11.1. The average Bonchev–Trinajstić information content (AvgIpc) is 2.56. The maximum atomic E-state index is 2.27. The summed E-state index contributed by atoms with van der Waals surface area (Å²) in [5, 5.41) is 0. The van der Waals surface area contributed by atoms with Crippen molar-refractivity contribution in [3.05, 3.63) is 106 Å². The molecule has 0 spiro atoms. The molecule has 0 atom stereocenters. The third-order valence-corrected chi connectivity index (χ3v) is 4.79. The van der Waals surface area contributed by atoms with Gasteiger partial charge in [0.25, 0.3) is 0 Å². The quantitative estimate of drug-likeness (QED) is 0.572. The minimum absolute atomic E-state index is 1.01. The van der Waals surface area contributed by atoms with Crippen LogP contribution in [-0.2, 0) is 12.8 Å². The number of hydrogen-bond acceptors (Lipinski definition) is 0. The van der Waals surface area contributed by atoms with Gasteiger partial charge in [-0.1, -0.05) is 66.7 Å². The maximum Gasteiger partial charge on any atom is -0.00230 e. The third kappa shape index (κ3) is 3.71. The number of aryl methyl sites for hydroxylation is 2. The molecule has 0 aliphatic heterocycles. The molecule has 0 radical (unpaired) electrons. The van der Waals surface area contributed by atoms with Crippen molar-refractivity contribution in [1.82, 2.24) is 0 Å². The van der Waals surface area contributed by atoms with Crippen molar-refractivity contribution in [2.75, 3.05) is 0 Å². The summed E-state index contributed by atoms with van der Waals surface area (Å²) in [5.74, 6) is 0. The van der Waals surface area contributed by atoms with Crippen molar-refractivity contribution in [2.24, 2.45) is 0 Å². The van der Waals surface area contributed by atoms with Gasteiger partial charge in [0.1, 0.15) is 0 Å². The van der Waals surface area contributed by atoms with Crippen LogP contribution in [0.5, 0.6) is 0 Å². The second-order valence-electron chi connectivity index (χ2n) is 6.46. The highest BCUT2D eigenvalue weighted by molar-refractivity contribution is 5.38. The fraction of sp³-hybridized carbons (Fsp3) is 0.217. The van der Waals surface area contributed by atoms with E-state index in [1.165, 1.54) is 38.9 Å². The summed E-state index contributed by atoms with van der Waals surface area (Å²) in [6.45, 7) is 6.59. The van der Waals surface area contributed by atoms with Gasteiger partial charge in [0, 0.05) is 0 Å². The second kappa shape index (κ2) is 6.83. The molecule has 3 rings (SSSR count). The van der Waals surface area contributed by atoms with Crippen molar-refractivity contribution in [3.8, 4) is 0 Å². The van der Waals surface area contributed by atoms with Crippen LogP contribution in [0, 0.1) is 20.8 Å². The molecule has 0 saturated heterocycles. The molecule has 23 heavy (non-hydrogen) atoms. The van der Waals surface area contributed by atoms with E-state index in [1.807, 2.05) is 0 Å². The largest absolute Gasteiger partial charge is 0.0620 e. The van der Waals surface area contributed by atoms with Crippen LogP contribution in [-0.4, -0.2) is 0 Å². The molecule has 3 aromatic carbocycles. The highest BCUT2D eigenvalue weighted by atomic mass is 14.1. The Labute approximate surface area is 139 Å². The molecule has 0 unspecified atom stereocenters. The first-order valence-electron chi connectivity index (χ1n) is 8.31. The van der Waals surface area contributed by atoms with E-state index in [-0.39, 0.29) is 0 Å². The van der Waals surface area contributed by atoms with Crippen LogP contribution in [0.25, 0.3) is 0 Å². The van der Waals surface area contributed by atoms with E-state index in [1.54, 1.807) is 0 Å². The lowest BCUT2D eigenvalue weighted by molar-refractivity contribution is 1.11. The van der Waals surface area contributed by atoms with Gasteiger partial charge in [-0.05, 0) is 72.6 Å². The Kier molecular flexibility index (Phi) is 4.62. The molecule has 0 fully saturated rings. The van der Waals surface area contributed by atoms with Crippen LogP contribution in [0.1, 0.15) is 38.9 Å². The Morgan fingerprint density at radius 2 is 1.04 bits per heavy atom. The maximum absolute atomic E-state index is 2.27. The van der Waals surface area contributed by atoms with Gasteiger partial charge in [0.15, 0.2) is 0 Å². The molecule has 0 heterocycles. The molecule has 3 aromatic rings. The van der Waals surface area contributed by atoms with E-state index in [4.69, 9.17) is 0 Å². The topological polar surface area (TPSA) is 0 Å². The fourth-order valence-electron chi connectivity index (χ4n) is 3.03. The van der Waals surface area contributed by atoms with Gasteiger partial charge < -0.3 is 0 Å². The number of benzene rings is 3. The van der Waals surface area contributed by atoms with Crippen LogP contribution in [0.15, 0.2) is 66.7 Å². The van der Waals surface area contributed by atoms with Crippen molar-refractivity contribution in [2.45, 2.75) is 33.6 Å². The molecule has 0 aromatic heterocycles. The van der Waals surface area contributed by atoms with Crippen LogP contribution < -0.4 is 0 Å². The molecule has 0 amide bonds. The van der Waals surface area contributed by atoms with Crippen LogP contribution in [0.4, 0.5) is 0 Å². The van der Waals surface area contributed by atoms with Gasteiger partial charge >= 0.3 is 0 Å². The van der Waals surface area contributed by atoms with E-state index >= 15 is 0 Å². The Hall–Kier alpha value is -2.34. The van der Waals surface area contributed by atoms with Crippen LogP contribution in [0.2, 0.25) is 0 Å². The smallest absolute Gasteiger partial charge is 0.00230 e. The predicted octanol–water partition coefficient (Wildman–Crippen LogP) is 5.79. The molecule has 0 bridgehead atoms. The highest BCUT2D eigenvalue weighted by Gasteiger charge is 2.03. The Morgan fingerprint density at radius 1 is 0.522 bits per heavy atom. The SMILES string of the molecule is Cc1ccccc1Cc1ccc(Cc2cccc(C)c2C)cc1. The monoisotopic (exact) mass is 300 g/mol. The highest BCUT2D eigenvalue weighted by Crippen LogP contribution is 2.19. The summed E-state index contributed by atoms with van der Waals surface area (Å²) in [5.41, 5.74) is 9.75. The van der Waals surface area contributed by atoms with Gasteiger partial charge in [0.05, 0.1) is 0 Å². The lowest BCUT2D eigenvalue weighted by atomic mass is 9.95. The van der Waals surface area contributed by atoms with E-state index in [0.717, 1.165) is 12.8 Å². The van der Waals surface area contributed by atoms with E-state index in [0.29, 0.717) is 0 Å². The molecule has 0 N–H and O–H groups in total. The van der Waals surface area contributed by atoms with Gasteiger partial charge in [-0.2, -0.15) is 0 Å². The Balaban J connectivity index is 1.75. The van der Waals surface area contributed by atoms with Gasteiger partial charge in [0.2, 0.25) is 0 Å². The van der Waals surface area contributed by atoms with Gasteiger partial charge in [-0.15, -0.1) is 0 Å². The van der Waals surface area contributed by atoms with E-state index in [2.05, 4.69) is 87.5 Å². The van der Waals surface area contributed by atoms with Crippen molar-refractivity contribution >= 4 is 0 Å². The molecule has 116 valence electrons. The third-order valence-electron chi connectivity index (χ3n) is 4.79. The van der Waals surface area contributed by atoms with E-state index < -0.39 is 0 Å². The Bertz CT molecular complexity index is 795. The van der Waals surface area contributed by atoms with Crippen molar-refractivity contribution < 1.29 is 0 Å². The molecule has 0 nitrogen and oxygen atoms in total. The standard InChI is InChI=1S/C23H24/c1-17-8-6-10-23(19(17)3)16-21-13-11-20(12-14-21)15-22-9-5-4-7-18(22)2/h4-14H,15-16H2,1-3H3. The van der Waals surface area contributed by atoms with Gasteiger partial charge in [-0.25, -0.2) is 0 Å². The summed E-state index contributed by atoms with van der Waals surface area (Å²) in [7, 11) is 0. The second-order valence-corrected chi connectivity index (χ2v) is 6.46. The molecule has 0 heteroatoms. The molecule has 0 saturated carbocycles. The molecule has 0 aliphatic rings. The summed E-state index contributed by atoms with van der Waals surface area (Å²) >= 11 is 0. The van der Waals surface area contributed by atoms with Crippen LogP contribution in [0.3, 0.4) is 0 Å². The van der Waals surface area contributed by atoms with Crippen molar-refractivity contribution in [1.29, 1.82) is 0 Å². The first-order valence-corrected chi connectivity index (χ1v) is 8.31. The summed E-state index contributed by atoms with van der Waals surface area (Å²) in [6, 6.07) is 24.3. The van der Waals surface area contributed by atoms with Gasteiger partial charge in [-0.3, -0.25) is 0 Å². The zero-order valence-electron chi connectivity index (χ0n) is 14.3. The molecular formula is C23H24. The lowest BCUT2D eigenvalue weighted by Gasteiger charge is -2.10. The summed E-state index contributed by atoms with van der Waals surface area (Å²) in [4.78, 5) is 0. The minimum atomic E-state index is 1.01. The van der Waals surface area contributed by atoms with Crippen molar-refractivity contribution in [3.63, 3.8) is 0 Å². The number of hydrogen-bond donors (Lipinski definition) is 0. The summed E-state index contributed by atoms with van der Waals surface area (Å²) in [6.07, 6.45) is 2.02. The average molecular weight is 300 g/mol. The zero-order chi connectivity index (χ0) is 16.2. The van der Waals surface area contributed by atoms with E-state index in [9.17, 15) is 0 Å². The molecule has 0 aliphatic carbocycles. The lowest BCUT2D eigenvalue weighted by Crippen LogP contribution is -1.95. The number of rotatable bonds is 4. The summed E-state index contributed by atoms with van der Waals surface area (Å²) < 4.78 is 0. The Morgan fingerprint density at radius 3 is 1.70 bits per heavy atom. The molecular weight excluding hydrogens is 276 g/mol.